The Morgan fingerprint density at radius 3 is 2.90 bits per heavy atom. The van der Waals surface area contributed by atoms with E-state index in [1.54, 1.807) is 16.7 Å². The highest BCUT2D eigenvalue weighted by atomic mass is 16.1. The predicted octanol–water partition coefficient (Wildman–Crippen LogP) is 1.70. The molecule has 0 spiro atoms. The molecule has 0 aromatic carbocycles. The molecule has 0 radical (unpaired) electrons. The van der Waals surface area contributed by atoms with Crippen LogP contribution >= 0.6 is 0 Å². The summed E-state index contributed by atoms with van der Waals surface area (Å²) in [5.41, 5.74) is 0.0898. The highest BCUT2D eigenvalue weighted by Gasteiger charge is 2.18. The third kappa shape index (κ3) is 4.46. The summed E-state index contributed by atoms with van der Waals surface area (Å²) in [5, 5.41) is 3.60. The molecule has 1 aliphatic heterocycles. The first-order valence-corrected chi connectivity index (χ1v) is 7.79. The van der Waals surface area contributed by atoms with Crippen molar-refractivity contribution in [2.45, 2.75) is 51.7 Å². The van der Waals surface area contributed by atoms with Crippen LogP contribution in [0.15, 0.2) is 29.2 Å². The Bertz CT molecular complexity index is 449. The number of nitrogens with zero attached hydrogens (tertiary/aromatic N) is 2. The van der Waals surface area contributed by atoms with Crippen LogP contribution in [-0.2, 0) is 6.54 Å². The number of rotatable bonds is 6. The van der Waals surface area contributed by atoms with Crippen LogP contribution in [-0.4, -0.2) is 41.2 Å². The zero-order chi connectivity index (χ0) is 14.4. The first kappa shape index (κ1) is 15.3. The third-order valence-corrected chi connectivity index (χ3v) is 4.12. The summed E-state index contributed by atoms with van der Waals surface area (Å²) in [6.07, 6.45) is 5.79. The Labute approximate surface area is 121 Å². The monoisotopic (exact) mass is 277 g/mol. The Kier molecular flexibility index (Phi) is 5.80. The van der Waals surface area contributed by atoms with Gasteiger partial charge in [0.15, 0.2) is 0 Å². The number of piperidine rings is 1. The van der Waals surface area contributed by atoms with Gasteiger partial charge in [0.05, 0.1) is 0 Å². The van der Waals surface area contributed by atoms with Crippen molar-refractivity contribution in [2.75, 3.05) is 19.6 Å². The SMILES string of the molecule is CC(C)N(CCn1ccccc1=O)CC1CCCCN1. The molecular formula is C16H27N3O. The van der Waals surface area contributed by atoms with E-state index < -0.39 is 0 Å². The molecule has 2 heterocycles. The molecule has 0 saturated carbocycles. The molecule has 112 valence electrons. The maximum Gasteiger partial charge on any atom is 0.250 e. The summed E-state index contributed by atoms with van der Waals surface area (Å²) in [5.74, 6) is 0. The van der Waals surface area contributed by atoms with Crippen LogP contribution in [0.1, 0.15) is 33.1 Å². The van der Waals surface area contributed by atoms with Gasteiger partial charge in [-0.2, -0.15) is 0 Å². The number of pyridine rings is 1. The molecule has 0 bridgehead atoms. The fraction of sp³-hybridized carbons (Fsp3) is 0.688. The van der Waals surface area contributed by atoms with Gasteiger partial charge in [-0.3, -0.25) is 9.69 Å². The Balaban J connectivity index is 1.89. The summed E-state index contributed by atoms with van der Waals surface area (Å²) in [4.78, 5) is 14.2. The fourth-order valence-corrected chi connectivity index (χ4v) is 2.80. The van der Waals surface area contributed by atoms with Crippen molar-refractivity contribution in [1.82, 2.24) is 14.8 Å². The second-order valence-corrected chi connectivity index (χ2v) is 5.97. The van der Waals surface area contributed by atoms with Gasteiger partial charge in [-0.25, -0.2) is 0 Å². The van der Waals surface area contributed by atoms with Crippen molar-refractivity contribution in [3.05, 3.63) is 34.7 Å². The summed E-state index contributed by atoms with van der Waals surface area (Å²) >= 11 is 0. The topological polar surface area (TPSA) is 37.3 Å². The minimum Gasteiger partial charge on any atom is -0.314 e. The van der Waals surface area contributed by atoms with E-state index in [2.05, 4.69) is 24.1 Å². The first-order chi connectivity index (χ1) is 9.66. The fourth-order valence-electron chi connectivity index (χ4n) is 2.80. The van der Waals surface area contributed by atoms with Crippen LogP contribution in [0.3, 0.4) is 0 Å². The van der Waals surface area contributed by atoms with Crippen molar-refractivity contribution < 1.29 is 0 Å². The van der Waals surface area contributed by atoms with Crippen LogP contribution in [0.25, 0.3) is 0 Å². The molecule has 1 atom stereocenters. The Morgan fingerprint density at radius 1 is 1.40 bits per heavy atom. The first-order valence-electron chi connectivity index (χ1n) is 7.79. The van der Waals surface area contributed by atoms with Crippen molar-refractivity contribution in [3.63, 3.8) is 0 Å². The number of hydrogen-bond acceptors (Lipinski definition) is 3. The molecule has 1 unspecified atom stereocenters. The van der Waals surface area contributed by atoms with Crippen molar-refractivity contribution in [1.29, 1.82) is 0 Å². The van der Waals surface area contributed by atoms with Crippen molar-refractivity contribution in [2.24, 2.45) is 0 Å². The minimum atomic E-state index is 0.0898. The molecule has 20 heavy (non-hydrogen) atoms. The van der Waals surface area contributed by atoms with Crippen LogP contribution < -0.4 is 10.9 Å². The van der Waals surface area contributed by atoms with Gasteiger partial charge in [-0.05, 0) is 39.3 Å². The normalized spacial score (nSPS) is 19.7. The molecule has 1 N–H and O–H groups in total. The molecule has 1 aromatic heterocycles. The number of nitrogens with one attached hydrogen (secondary N) is 1. The molecule has 4 heteroatoms. The number of aromatic nitrogens is 1. The van der Waals surface area contributed by atoms with Gasteiger partial charge in [-0.15, -0.1) is 0 Å². The van der Waals surface area contributed by atoms with E-state index in [0.717, 1.165) is 26.2 Å². The van der Waals surface area contributed by atoms with Crippen LogP contribution in [0.2, 0.25) is 0 Å². The lowest BCUT2D eigenvalue weighted by Gasteiger charge is -2.33. The molecule has 0 amide bonds. The number of hydrogen-bond donors (Lipinski definition) is 1. The summed E-state index contributed by atoms with van der Waals surface area (Å²) < 4.78 is 1.80. The van der Waals surface area contributed by atoms with Crippen LogP contribution in [0, 0.1) is 0 Å². The Morgan fingerprint density at radius 2 is 2.25 bits per heavy atom. The van der Waals surface area contributed by atoms with Crippen LogP contribution in [0.5, 0.6) is 0 Å². The van der Waals surface area contributed by atoms with Gasteiger partial charge in [0.1, 0.15) is 0 Å². The molecule has 4 nitrogen and oxygen atoms in total. The van der Waals surface area contributed by atoms with Crippen LogP contribution in [0.4, 0.5) is 0 Å². The molecule has 0 aliphatic carbocycles. The van der Waals surface area contributed by atoms with E-state index in [9.17, 15) is 4.79 Å². The second-order valence-electron chi connectivity index (χ2n) is 5.97. The van der Waals surface area contributed by atoms with Crippen molar-refractivity contribution >= 4 is 0 Å². The zero-order valence-corrected chi connectivity index (χ0v) is 12.7. The minimum absolute atomic E-state index is 0.0898. The lowest BCUT2D eigenvalue weighted by molar-refractivity contribution is 0.178. The summed E-state index contributed by atoms with van der Waals surface area (Å²) in [7, 11) is 0. The van der Waals surface area contributed by atoms with Gasteiger partial charge in [0.2, 0.25) is 0 Å². The quantitative estimate of drug-likeness (QED) is 0.860. The van der Waals surface area contributed by atoms with Gasteiger partial charge >= 0.3 is 0 Å². The van der Waals surface area contributed by atoms with E-state index in [1.807, 2.05) is 12.3 Å². The van der Waals surface area contributed by atoms with E-state index in [4.69, 9.17) is 0 Å². The maximum absolute atomic E-state index is 11.7. The summed E-state index contributed by atoms with van der Waals surface area (Å²) in [6, 6.07) is 6.47. The molecule has 1 aromatic rings. The van der Waals surface area contributed by atoms with E-state index >= 15 is 0 Å². The third-order valence-electron chi connectivity index (χ3n) is 4.12. The largest absolute Gasteiger partial charge is 0.314 e. The molecule has 1 saturated heterocycles. The molecule has 1 aliphatic rings. The highest BCUT2D eigenvalue weighted by Crippen LogP contribution is 2.10. The van der Waals surface area contributed by atoms with E-state index in [0.29, 0.717) is 12.1 Å². The average molecular weight is 277 g/mol. The standard InChI is InChI=1S/C16H27N3O/c1-14(2)19(13-15-7-3-5-9-17-15)12-11-18-10-6-4-8-16(18)20/h4,6,8,10,14-15,17H,3,5,7,9,11-13H2,1-2H3. The van der Waals surface area contributed by atoms with Gasteiger partial charge in [0, 0.05) is 44.0 Å². The van der Waals surface area contributed by atoms with E-state index in [-0.39, 0.29) is 5.56 Å². The maximum atomic E-state index is 11.7. The van der Waals surface area contributed by atoms with Gasteiger partial charge in [0.25, 0.3) is 5.56 Å². The van der Waals surface area contributed by atoms with Gasteiger partial charge < -0.3 is 9.88 Å². The molecule has 2 rings (SSSR count). The van der Waals surface area contributed by atoms with Gasteiger partial charge in [-0.1, -0.05) is 12.5 Å². The summed E-state index contributed by atoms with van der Waals surface area (Å²) in [6.45, 7) is 8.39. The molecular weight excluding hydrogens is 250 g/mol. The zero-order valence-electron chi connectivity index (χ0n) is 12.7. The molecule has 1 fully saturated rings. The van der Waals surface area contributed by atoms with Crippen molar-refractivity contribution in [3.8, 4) is 0 Å². The lowest BCUT2D eigenvalue weighted by Crippen LogP contribution is -2.47. The highest BCUT2D eigenvalue weighted by molar-refractivity contribution is 4.93. The van der Waals surface area contributed by atoms with E-state index in [1.165, 1.54) is 19.3 Å². The lowest BCUT2D eigenvalue weighted by atomic mass is 10.0. The smallest absolute Gasteiger partial charge is 0.250 e. The Hall–Kier alpha value is -1.13. The second kappa shape index (κ2) is 7.60. The predicted molar refractivity (Wildman–Crippen MR) is 83.1 cm³/mol. The average Bonchev–Trinajstić information content (AvgIpc) is 2.46.